The van der Waals surface area contributed by atoms with Gasteiger partial charge in [-0.25, -0.2) is 0 Å². The van der Waals surface area contributed by atoms with Crippen molar-refractivity contribution in [3.63, 3.8) is 0 Å². The van der Waals surface area contributed by atoms with E-state index in [1.807, 2.05) is 4.90 Å². The van der Waals surface area contributed by atoms with E-state index in [0.717, 1.165) is 0 Å². The van der Waals surface area contributed by atoms with Crippen LogP contribution in [-0.4, -0.2) is 61.5 Å². The summed E-state index contributed by atoms with van der Waals surface area (Å²) in [5, 5.41) is 12.1. The summed E-state index contributed by atoms with van der Waals surface area (Å²) in [4.78, 5) is 25.6. The molecule has 8 heteroatoms. The first-order valence-electron chi connectivity index (χ1n) is 7.84. The summed E-state index contributed by atoms with van der Waals surface area (Å²) < 4.78 is 15.7. The van der Waals surface area contributed by atoms with Crippen molar-refractivity contribution in [3.05, 3.63) is 18.2 Å². The molecule has 3 rings (SSSR count). The Labute approximate surface area is 139 Å². The fourth-order valence-electron chi connectivity index (χ4n) is 2.74. The summed E-state index contributed by atoms with van der Waals surface area (Å²) in [5.74, 6) is -0.867. The molecule has 2 aliphatic heterocycles. The van der Waals surface area contributed by atoms with Crippen molar-refractivity contribution in [2.75, 3.05) is 45.0 Å². The van der Waals surface area contributed by atoms with Crippen LogP contribution in [0.5, 0.6) is 11.5 Å². The van der Waals surface area contributed by atoms with Crippen molar-refractivity contribution in [1.29, 1.82) is 0 Å². The van der Waals surface area contributed by atoms with Gasteiger partial charge in [0.2, 0.25) is 12.7 Å². The molecule has 2 N–H and O–H groups in total. The molecule has 1 aromatic carbocycles. The van der Waals surface area contributed by atoms with E-state index >= 15 is 0 Å². The van der Waals surface area contributed by atoms with Crippen molar-refractivity contribution in [2.24, 2.45) is 5.92 Å². The van der Waals surface area contributed by atoms with Crippen LogP contribution in [0.1, 0.15) is 6.42 Å². The Bertz CT molecular complexity index is 615. The number of carboxylic acids is 1. The Balaban J connectivity index is 1.56. The van der Waals surface area contributed by atoms with Crippen LogP contribution >= 0.6 is 0 Å². The van der Waals surface area contributed by atoms with Gasteiger partial charge in [0, 0.05) is 37.8 Å². The number of morpholine rings is 1. The van der Waals surface area contributed by atoms with Gasteiger partial charge in [0.15, 0.2) is 11.5 Å². The number of hydrogen-bond donors (Lipinski definition) is 2. The van der Waals surface area contributed by atoms with Gasteiger partial charge in [-0.1, -0.05) is 0 Å². The largest absolute Gasteiger partial charge is 0.481 e. The standard InChI is InChI=1S/C16H20N2O6/c19-15(17-12-1-2-13-14(8-12)24-10-23-13)7-11(16(20)21)9-18-3-5-22-6-4-18/h1-2,8,11H,3-7,9-10H2,(H,17,19)(H,20,21). The number of carbonyl (C=O) groups excluding carboxylic acids is 1. The molecule has 1 aromatic rings. The van der Waals surface area contributed by atoms with Gasteiger partial charge < -0.3 is 24.6 Å². The van der Waals surface area contributed by atoms with Crippen molar-refractivity contribution in [1.82, 2.24) is 4.90 Å². The lowest BCUT2D eigenvalue weighted by Crippen LogP contribution is -2.41. The van der Waals surface area contributed by atoms with E-state index in [0.29, 0.717) is 50.0 Å². The average molecular weight is 336 g/mol. The van der Waals surface area contributed by atoms with Crippen LogP contribution in [0.3, 0.4) is 0 Å². The zero-order valence-corrected chi connectivity index (χ0v) is 13.2. The Morgan fingerprint density at radius 1 is 1.21 bits per heavy atom. The van der Waals surface area contributed by atoms with Gasteiger partial charge in [0.1, 0.15) is 0 Å². The molecular formula is C16H20N2O6. The highest BCUT2D eigenvalue weighted by Gasteiger charge is 2.25. The van der Waals surface area contributed by atoms with Gasteiger partial charge in [-0.05, 0) is 12.1 Å². The number of hydrogen-bond acceptors (Lipinski definition) is 6. The zero-order chi connectivity index (χ0) is 16.9. The third-order valence-electron chi connectivity index (χ3n) is 4.02. The minimum absolute atomic E-state index is 0.0822. The lowest BCUT2D eigenvalue weighted by Gasteiger charge is -2.28. The average Bonchev–Trinajstić information content (AvgIpc) is 3.02. The van der Waals surface area contributed by atoms with Crippen LogP contribution in [0.4, 0.5) is 5.69 Å². The summed E-state index contributed by atoms with van der Waals surface area (Å²) in [6, 6.07) is 5.07. The number of amides is 1. The van der Waals surface area contributed by atoms with Crippen LogP contribution in [-0.2, 0) is 14.3 Å². The Morgan fingerprint density at radius 2 is 1.96 bits per heavy atom. The highest BCUT2D eigenvalue weighted by atomic mass is 16.7. The van der Waals surface area contributed by atoms with E-state index < -0.39 is 11.9 Å². The predicted molar refractivity (Wildman–Crippen MR) is 84.2 cm³/mol. The van der Waals surface area contributed by atoms with E-state index in [-0.39, 0.29) is 19.1 Å². The summed E-state index contributed by atoms with van der Waals surface area (Å²) in [5.41, 5.74) is 0.555. The fraction of sp³-hybridized carbons (Fsp3) is 0.500. The maximum Gasteiger partial charge on any atom is 0.308 e. The second-order valence-electron chi connectivity index (χ2n) is 5.77. The lowest BCUT2D eigenvalue weighted by molar-refractivity contribution is -0.144. The van der Waals surface area contributed by atoms with E-state index in [4.69, 9.17) is 14.2 Å². The molecule has 1 fully saturated rings. The summed E-state index contributed by atoms with van der Waals surface area (Å²) >= 11 is 0. The van der Waals surface area contributed by atoms with Crippen LogP contribution in [0.15, 0.2) is 18.2 Å². The van der Waals surface area contributed by atoms with Crippen molar-refractivity contribution >= 4 is 17.6 Å². The highest BCUT2D eigenvalue weighted by Crippen LogP contribution is 2.34. The lowest BCUT2D eigenvalue weighted by atomic mass is 10.0. The smallest absolute Gasteiger partial charge is 0.308 e. The van der Waals surface area contributed by atoms with Gasteiger partial charge >= 0.3 is 5.97 Å². The van der Waals surface area contributed by atoms with Gasteiger partial charge in [-0.2, -0.15) is 0 Å². The number of fused-ring (bicyclic) bond motifs is 1. The van der Waals surface area contributed by atoms with Crippen LogP contribution in [0, 0.1) is 5.92 Å². The number of nitrogens with zero attached hydrogens (tertiary/aromatic N) is 1. The molecule has 0 bridgehead atoms. The molecule has 2 aliphatic rings. The van der Waals surface area contributed by atoms with Crippen molar-refractivity contribution in [2.45, 2.75) is 6.42 Å². The molecule has 1 saturated heterocycles. The molecule has 1 atom stereocenters. The number of ether oxygens (including phenoxy) is 3. The molecule has 1 unspecified atom stereocenters. The minimum atomic E-state index is -0.970. The fourth-order valence-corrected chi connectivity index (χ4v) is 2.74. The van der Waals surface area contributed by atoms with E-state index in [2.05, 4.69) is 5.32 Å². The summed E-state index contributed by atoms with van der Waals surface area (Å²) in [6.07, 6.45) is -0.0822. The van der Waals surface area contributed by atoms with Gasteiger partial charge in [0.05, 0.1) is 19.1 Å². The number of carbonyl (C=O) groups is 2. The first-order chi connectivity index (χ1) is 11.6. The van der Waals surface area contributed by atoms with Crippen LogP contribution in [0.25, 0.3) is 0 Å². The SMILES string of the molecule is O=C(CC(CN1CCOCC1)C(=O)O)Nc1ccc2c(c1)OCO2. The summed E-state index contributed by atoms with van der Waals surface area (Å²) in [7, 11) is 0. The minimum Gasteiger partial charge on any atom is -0.481 e. The maximum absolute atomic E-state index is 12.2. The Hall–Kier alpha value is -2.32. The van der Waals surface area contributed by atoms with Gasteiger partial charge in [-0.15, -0.1) is 0 Å². The first kappa shape index (κ1) is 16.5. The molecular weight excluding hydrogens is 316 g/mol. The molecule has 8 nitrogen and oxygen atoms in total. The predicted octanol–water partition coefficient (Wildman–Crippen LogP) is 0.777. The third kappa shape index (κ3) is 4.15. The quantitative estimate of drug-likeness (QED) is 0.792. The summed E-state index contributed by atoms with van der Waals surface area (Å²) in [6.45, 7) is 3.06. The molecule has 130 valence electrons. The molecule has 0 saturated carbocycles. The highest BCUT2D eigenvalue weighted by molar-refractivity contribution is 5.93. The van der Waals surface area contributed by atoms with Crippen molar-refractivity contribution < 1.29 is 28.9 Å². The normalized spacial score (nSPS) is 18.2. The number of nitrogens with one attached hydrogen (secondary N) is 1. The van der Waals surface area contributed by atoms with Gasteiger partial charge in [0.25, 0.3) is 0 Å². The van der Waals surface area contributed by atoms with Crippen LogP contribution in [0.2, 0.25) is 0 Å². The van der Waals surface area contributed by atoms with E-state index in [1.165, 1.54) is 0 Å². The Morgan fingerprint density at radius 3 is 2.71 bits per heavy atom. The number of benzene rings is 1. The first-order valence-corrected chi connectivity index (χ1v) is 7.84. The Kier molecular flexibility index (Phi) is 5.17. The molecule has 0 spiro atoms. The number of rotatable bonds is 6. The molecule has 0 radical (unpaired) electrons. The third-order valence-corrected chi connectivity index (χ3v) is 4.02. The molecule has 2 heterocycles. The second kappa shape index (κ2) is 7.50. The monoisotopic (exact) mass is 336 g/mol. The van der Waals surface area contributed by atoms with Crippen molar-refractivity contribution in [3.8, 4) is 11.5 Å². The topological polar surface area (TPSA) is 97.3 Å². The van der Waals surface area contributed by atoms with Gasteiger partial charge in [-0.3, -0.25) is 14.5 Å². The van der Waals surface area contributed by atoms with E-state index in [9.17, 15) is 14.7 Å². The zero-order valence-electron chi connectivity index (χ0n) is 13.2. The number of carboxylic acid groups (broad SMARTS) is 1. The molecule has 0 aliphatic carbocycles. The number of aliphatic carboxylic acids is 1. The van der Waals surface area contributed by atoms with E-state index in [1.54, 1.807) is 18.2 Å². The maximum atomic E-state index is 12.2. The molecule has 24 heavy (non-hydrogen) atoms. The molecule has 0 aromatic heterocycles. The van der Waals surface area contributed by atoms with Crippen LogP contribution < -0.4 is 14.8 Å². The molecule has 1 amide bonds. The number of anilines is 1. The second-order valence-corrected chi connectivity index (χ2v) is 5.77.